The number of carbonyl (C=O) groups is 1. The molecule has 3 aromatic rings. The Bertz CT molecular complexity index is 1400. The van der Waals surface area contributed by atoms with Crippen LogP contribution in [0.3, 0.4) is 0 Å². The van der Waals surface area contributed by atoms with Crippen molar-refractivity contribution in [2.45, 2.75) is 49.0 Å². The highest BCUT2D eigenvalue weighted by Crippen LogP contribution is 2.38. The van der Waals surface area contributed by atoms with Gasteiger partial charge in [-0.05, 0) is 85.8 Å². The van der Waals surface area contributed by atoms with E-state index < -0.39 is 10.0 Å². The van der Waals surface area contributed by atoms with Crippen molar-refractivity contribution in [1.29, 1.82) is 0 Å². The second-order valence-corrected chi connectivity index (χ2v) is 11.4. The maximum Gasteiger partial charge on any atom is 0.261 e. The molecule has 8 nitrogen and oxygen atoms in total. The first-order valence-corrected chi connectivity index (χ1v) is 14.3. The number of carbonyl (C=O) groups excluding carboxylic acids is 1. The Morgan fingerprint density at radius 1 is 0.895 bits per heavy atom. The summed E-state index contributed by atoms with van der Waals surface area (Å²) in [5, 5.41) is 0. The smallest absolute Gasteiger partial charge is 0.261 e. The van der Waals surface area contributed by atoms with Crippen LogP contribution in [0.4, 0.5) is 11.4 Å². The van der Waals surface area contributed by atoms with Gasteiger partial charge in [0.15, 0.2) is 11.5 Å². The second-order valence-electron chi connectivity index (χ2n) is 9.67. The highest BCUT2D eigenvalue weighted by atomic mass is 32.2. The Morgan fingerprint density at radius 2 is 1.66 bits per heavy atom. The Hall–Kier alpha value is -3.72. The van der Waals surface area contributed by atoms with E-state index >= 15 is 0 Å². The van der Waals surface area contributed by atoms with Gasteiger partial charge in [-0.15, -0.1) is 0 Å². The lowest BCUT2D eigenvalue weighted by molar-refractivity contribution is -0.117. The second kappa shape index (κ2) is 10.9. The van der Waals surface area contributed by atoms with Gasteiger partial charge < -0.3 is 19.1 Å². The fourth-order valence-corrected chi connectivity index (χ4v) is 6.16. The third-order valence-electron chi connectivity index (χ3n) is 7.16. The van der Waals surface area contributed by atoms with Crippen LogP contribution >= 0.6 is 0 Å². The topological polar surface area (TPSA) is 94.2 Å². The standard InChI is InChI=1S/C29H32N2O6S/c1-35-24-11-13-26(14-12-24)38(33,34)30-22-6-5-7-23(18-22)31-19-21(17-29(31)32)20-10-15-27(36-2)28(16-20)37-25-8-3-4-9-25/h5-7,10-16,18,21,25,30H,3-4,8-9,17,19H2,1-2H3/t21-/m0/s1. The summed E-state index contributed by atoms with van der Waals surface area (Å²) >= 11 is 0. The fourth-order valence-electron chi connectivity index (χ4n) is 5.11. The van der Waals surface area contributed by atoms with Gasteiger partial charge in [0.25, 0.3) is 10.0 Å². The van der Waals surface area contributed by atoms with Crippen molar-refractivity contribution in [1.82, 2.24) is 0 Å². The Morgan fingerprint density at radius 3 is 2.37 bits per heavy atom. The van der Waals surface area contributed by atoms with Crippen LogP contribution in [0.15, 0.2) is 71.6 Å². The largest absolute Gasteiger partial charge is 0.497 e. The van der Waals surface area contributed by atoms with E-state index in [9.17, 15) is 13.2 Å². The molecule has 0 spiro atoms. The van der Waals surface area contributed by atoms with Crippen LogP contribution in [0.5, 0.6) is 17.2 Å². The van der Waals surface area contributed by atoms with Crippen LogP contribution in [0.1, 0.15) is 43.6 Å². The Kier molecular flexibility index (Phi) is 7.46. The summed E-state index contributed by atoms with van der Waals surface area (Å²) in [4.78, 5) is 14.9. The third kappa shape index (κ3) is 5.57. The zero-order valence-corrected chi connectivity index (χ0v) is 22.4. The van der Waals surface area contributed by atoms with Crippen molar-refractivity contribution in [2.24, 2.45) is 0 Å². The van der Waals surface area contributed by atoms with Crippen LogP contribution in [-0.2, 0) is 14.8 Å². The van der Waals surface area contributed by atoms with Gasteiger partial charge in [-0.25, -0.2) is 8.42 Å². The first kappa shape index (κ1) is 25.9. The zero-order chi connectivity index (χ0) is 26.7. The molecular formula is C29H32N2O6S. The summed E-state index contributed by atoms with van der Waals surface area (Å²) in [6.45, 7) is 0.489. The van der Waals surface area contributed by atoms with Gasteiger partial charge in [0.05, 0.1) is 30.9 Å². The van der Waals surface area contributed by atoms with E-state index in [4.69, 9.17) is 14.2 Å². The van der Waals surface area contributed by atoms with Crippen molar-refractivity contribution < 1.29 is 27.4 Å². The van der Waals surface area contributed by atoms with E-state index in [0.29, 0.717) is 35.8 Å². The number of methoxy groups -OCH3 is 2. The lowest BCUT2D eigenvalue weighted by atomic mass is 9.98. The monoisotopic (exact) mass is 536 g/mol. The van der Waals surface area contributed by atoms with Crippen molar-refractivity contribution in [2.75, 3.05) is 30.4 Å². The van der Waals surface area contributed by atoms with Gasteiger partial charge in [0.2, 0.25) is 5.91 Å². The number of anilines is 2. The van der Waals surface area contributed by atoms with Gasteiger partial charge in [0, 0.05) is 24.6 Å². The summed E-state index contributed by atoms with van der Waals surface area (Å²) in [6, 6.07) is 19.0. The molecule has 1 heterocycles. The molecule has 5 rings (SSSR count). The van der Waals surface area contributed by atoms with Crippen molar-refractivity contribution in [3.63, 3.8) is 0 Å². The highest BCUT2D eigenvalue weighted by molar-refractivity contribution is 7.92. The van der Waals surface area contributed by atoms with E-state index in [-0.39, 0.29) is 22.8 Å². The molecule has 1 amide bonds. The van der Waals surface area contributed by atoms with Crippen LogP contribution in [-0.4, -0.2) is 41.2 Å². The molecule has 9 heteroatoms. The Labute approximate surface area is 223 Å². The quantitative estimate of drug-likeness (QED) is 0.396. The number of hydrogen-bond acceptors (Lipinski definition) is 6. The summed E-state index contributed by atoms with van der Waals surface area (Å²) in [5.74, 6) is 1.96. The molecule has 1 aliphatic heterocycles. The molecule has 1 saturated heterocycles. The molecule has 1 aliphatic carbocycles. The van der Waals surface area contributed by atoms with Gasteiger partial charge in [-0.1, -0.05) is 12.1 Å². The summed E-state index contributed by atoms with van der Waals surface area (Å²) in [6.07, 6.45) is 4.99. The SMILES string of the molecule is COc1ccc(S(=O)(=O)Nc2cccc(N3C[C@@H](c4ccc(OC)c(OC5CCCC5)c4)CC3=O)c2)cc1. The van der Waals surface area contributed by atoms with E-state index in [0.717, 1.165) is 24.2 Å². The van der Waals surface area contributed by atoms with Crippen LogP contribution in [0.25, 0.3) is 0 Å². The van der Waals surface area contributed by atoms with Crippen LogP contribution in [0, 0.1) is 0 Å². The molecule has 200 valence electrons. The number of hydrogen-bond donors (Lipinski definition) is 1. The van der Waals surface area contributed by atoms with Crippen molar-refractivity contribution in [3.05, 3.63) is 72.3 Å². The van der Waals surface area contributed by atoms with Crippen LogP contribution < -0.4 is 23.8 Å². The third-order valence-corrected chi connectivity index (χ3v) is 8.56. The van der Waals surface area contributed by atoms with Gasteiger partial charge >= 0.3 is 0 Å². The average Bonchev–Trinajstić information content (AvgIpc) is 3.58. The number of benzene rings is 3. The molecule has 1 N–H and O–H groups in total. The molecule has 0 radical (unpaired) electrons. The Balaban J connectivity index is 1.32. The van der Waals surface area contributed by atoms with Gasteiger partial charge in [-0.3, -0.25) is 9.52 Å². The van der Waals surface area contributed by atoms with Gasteiger partial charge in [0.1, 0.15) is 5.75 Å². The minimum atomic E-state index is -3.80. The maximum atomic E-state index is 13.0. The van der Waals surface area contributed by atoms with E-state index in [1.54, 1.807) is 42.3 Å². The highest BCUT2D eigenvalue weighted by Gasteiger charge is 2.32. The molecule has 38 heavy (non-hydrogen) atoms. The predicted molar refractivity (Wildman–Crippen MR) is 146 cm³/mol. The first-order valence-electron chi connectivity index (χ1n) is 12.8. The van der Waals surface area contributed by atoms with E-state index in [2.05, 4.69) is 4.72 Å². The lowest BCUT2D eigenvalue weighted by Gasteiger charge is -2.20. The summed E-state index contributed by atoms with van der Waals surface area (Å²) < 4.78 is 45.3. The summed E-state index contributed by atoms with van der Waals surface area (Å²) in [5.41, 5.74) is 2.04. The van der Waals surface area contributed by atoms with E-state index in [1.807, 2.05) is 24.3 Å². The summed E-state index contributed by atoms with van der Waals surface area (Å²) in [7, 11) is -0.647. The number of nitrogens with zero attached hydrogens (tertiary/aromatic N) is 1. The number of rotatable bonds is 9. The number of sulfonamides is 1. The number of ether oxygens (including phenoxy) is 3. The minimum Gasteiger partial charge on any atom is -0.497 e. The molecule has 1 atom stereocenters. The normalized spacial score (nSPS) is 18.0. The molecule has 1 saturated carbocycles. The maximum absolute atomic E-state index is 13.0. The first-order chi connectivity index (χ1) is 18.4. The molecule has 0 unspecified atom stereocenters. The van der Waals surface area contributed by atoms with E-state index in [1.165, 1.54) is 32.1 Å². The van der Waals surface area contributed by atoms with Crippen LogP contribution in [0.2, 0.25) is 0 Å². The molecule has 2 fully saturated rings. The molecule has 3 aromatic carbocycles. The predicted octanol–water partition coefficient (Wildman–Crippen LogP) is 5.35. The zero-order valence-electron chi connectivity index (χ0n) is 21.6. The molecule has 2 aliphatic rings. The fraction of sp³-hybridized carbons (Fsp3) is 0.345. The van der Waals surface area contributed by atoms with Crippen molar-refractivity contribution >= 4 is 27.3 Å². The van der Waals surface area contributed by atoms with Gasteiger partial charge in [-0.2, -0.15) is 0 Å². The number of nitrogens with one attached hydrogen (secondary N) is 1. The molecular weight excluding hydrogens is 504 g/mol. The molecule has 0 aromatic heterocycles. The molecule has 0 bridgehead atoms. The minimum absolute atomic E-state index is 0.0146. The van der Waals surface area contributed by atoms with Crippen molar-refractivity contribution in [3.8, 4) is 17.2 Å². The average molecular weight is 537 g/mol. The lowest BCUT2D eigenvalue weighted by Crippen LogP contribution is -2.24. The number of amides is 1.